The van der Waals surface area contributed by atoms with Crippen LogP contribution in [0.1, 0.15) is 27.2 Å². The number of carboxylic acid groups (broad SMARTS) is 1. The van der Waals surface area contributed by atoms with Crippen LogP contribution in [0.15, 0.2) is 0 Å². The normalized spacial score (nSPS) is 13.4. The Hall–Kier alpha value is -0.750. The Morgan fingerprint density at radius 3 is 2.33 bits per heavy atom. The van der Waals surface area contributed by atoms with E-state index in [0.717, 1.165) is 5.75 Å². The number of hydrogen-bond donors (Lipinski definition) is 1. The number of nitrogens with zero attached hydrogens (tertiary/aromatic N) is 1. The van der Waals surface area contributed by atoms with Crippen LogP contribution in [0, 0.1) is 0 Å². The van der Waals surface area contributed by atoms with E-state index >= 15 is 0 Å². The molecule has 0 unspecified atom stereocenters. The van der Waals surface area contributed by atoms with Crippen molar-refractivity contribution in [2.75, 3.05) is 25.6 Å². The maximum atomic E-state index is 11.6. The molecule has 0 saturated carbocycles. The van der Waals surface area contributed by atoms with Crippen LogP contribution in [0.4, 0.5) is 0 Å². The number of thioether (sulfide) groups is 1. The molecule has 0 heterocycles. The van der Waals surface area contributed by atoms with Gasteiger partial charge in [0, 0.05) is 0 Å². The maximum absolute atomic E-state index is 11.6. The van der Waals surface area contributed by atoms with Crippen molar-refractivity contribution in [3.05, 3.63) is 0 Å². The van der Waals surface area contributed by atoms with Gasteiger partial charge >= 0.3 is 11.9 Å². The Labute approximate surface area is 113 Å². The van der Waals surface area contributed by atoms with Crippen LogP contribution in [0.5, 0.6) is 0 Å². The average molecular weight is 277 g/mol. The molecule has 0 aliphatic carbocycles. The minimum atomic E-state index is -0.907. The van der Waals surface area contributed by atoms with Gasteiger partial charge in [0.05, 0.1) is 6.54 Å². The summed E-state index contributed by atoms with van der Waals surface area (Å²) >= 11 is 1.59. The standard InChI is InChI=1S/C12H23NO4S/c1-12(2,3)17-10(14)8-13(4)9(11(15)16)6-7-18-5/h9H,6-8H2,1-5H3,(H,15,16)/t9-/m0/s1. The molecule has 0 saturated heterocycles. The van der Waals surface area contributed by atoms with Gasteiger partial charge in [-0.05, 0) is 46.2 Å². The van der Waals surface area contributed by atoms with Crippen LogP contribution >= 0.6 is 11.8 Å². The second kappa shape index (κ2) is 7.63. The Bertz CT molecular complexity index is 288. The van der Waals surface area contributed by atoms with Crippen molar-refractivity contribution in [3.63, 3.8) is 0 Å². The summed E-state index contributed by atoms with van der Waals surface area (Å²) in [6.45, 7) is 5.34. The molecule has 0 aromatic rings. The highest BCUT2D eigenvalue weighted by Gasteiger charge is 2.25. The third-order valence-corrected chi connectivity index (χ3v) is 2.86. The molecule has 0 aliphatic heterocycles. The lowest BCUT2D eigenvalue weighted by molar-refractivity contribution is -0.157. The van der Waals surface area contributed by atoms with Gasteiger partial charge in [-0.15, -0.1) is 0 Å². The number of carbonyl (C=O) groups excluding carboxylic acids is 1. The van der Waals surface area contributed by atoms with Crippen molar-refractivity contribution < 1.29 is 19.4 Å². The van der Waals surface area contributed by atoms with Gasteiger partial charge in [-0.1, -0.05) is 0 Å². The van der Waals surface area contributed by atoms with Gasteiger partial charge in [0.25, 0.3) is 0 Å². The maximum Gasteiger partial charge on any atom is 0.320 e. The van der Waals surface area contributed by atoms with Crippen molar-refractivity contribution in [1.82, 2.24) is 4.90 Å². The predicted octanol–water partition coefficient (Wildman–Crippen LogP) is 1.47. The second-order valence-corrected chi connectivity index (χ2v) is 6.12. The van der Waals surface area contributed by atoms with E-state index in [1.807, 2.05) is 6.26 Å². The number of aliphatic carboxylic acids is 1. The number of hydrogen-bond acceptors (Lipinski definition) is 5. The van der Waals surface area contributed by atoms with Crippen LogP contribution in [-0.4, -0.2) is 59.2 Å². The third-order valence-electron chi connectivity index (χ3n) is 2.21. The van der Waals surface area contributed by atoms with Gasteiger partial charge in [-0.3, -0.25) is 14.5 Å². The lowest BCUT2D eigenvalue weighted by atomic mass is 10.2. The van der Waals surface area contributed by atoms with Crippen LogP contribution in [0.3, 0.4) is 0 Å². The number of likely N-dealkylation sites (N-methyl/N-ethyl adjacent to an activating group) is 1. The molecule has 0 fully saturated rings. The van der Waals surface area contributed by atoms with Crippen molar-refractivity contribution in [2.24, 2.45) is 0 Å². The number of esters is 1. The molecule has 1 atom stereocenters. The minimum absolute atomic E-state index is 0.0113. The highest BCUT2D eigenvalue weighted by molar-refractivity contribution is 7.98. The van der Waals surface area contributed by atoms with Crippen molar-refractivity contribution in [3.8, 4) is 0 Å². The van der Waals surface area contributed by atoms with E-state index in [9.17, 15) is 9.59 Å². The highest BCUT2D eigenvalue weighted by atomic mass is 32.2. The van der Waals surface area contributed by atoms with Gasteiger partial charge in [0.1, 0.15) is 11.6 Å². The zero-order valence-electron chi connectivity index (χ0n) is 11.7. The van der Waals surface area contributed by atoms with Crippen molar-refractivity contribution in [1.29, 1.82) is 0 Å². The first-order chi connectivity index (χ1) is 8.17. The fourth-order valence-electron chi connectivity index (χ4n) is 1.45. The lowest BCUT2D eigenvalue weighted by Gasteiger charge is -2.26. The Kier molecular flexibility index (Phi) is 7.32. The van der Waals surface area contributed by atoms with Crippen LogP contribution in [-0.2, 0) is 14.3 Å². The summed E-state index contributed by atoms with van der Waals surface area (Å²) in [6, 6.07) is -0.648. The molecule has 5 nitrogen and oxygen atoms in total. The van der Waals surface area contributed by atoms with Gasteiger partial charge in [0.2, 0.25) is 0 Å². The van der Waals surface area contributed by atoms with E-state index in [1.165, 1.54) is 4.90 Å². The van der Waals surface area contributed by atoms with Crippen LogP contribution in [0.2, 0.25) is 0 Å². The minimum Gasteiger partial charge on any atom is -0.480 e. The molecule has 1 N–H and O–H groups in total. The smallest absolute Gasteiger partial charge is 0.320 e. The number of ether oxygens (including phenoxy) is 1. The van der Waals surface area contributed by atoms with Gasteiger partial charge in [-0.2, -0.15) is 11.8 Å². The predicted molar refractivity (Wildman–Crippen MR) is 72.9 cm³/mol. The quantitative estimate of drug-likeness (QED) is 0.711. The van der Waals surface area contributed by atoms with Crippen molar-refractivity contribution >= 4 is 23.7 Å². The number of carbonyl (C=O) groups is 2. The Morgan fingerprint density at radius 2 is 1.94 bits per heavy atom. The first-order valence-corrected chi connectivity index (χ1v) is 7.20. The third kappa shape index (κ3) is 7.55. The summed E-state index contributed by atoms with van der Waals surface area (Å²) in [7, 11) is 1.63. The summed E-state index contributed by atoms with van der Waals surface area (Å²) < 4.78 is 5.16. The molecule has 0 bridgehead atoms. The summed E-state index contributed by atoms with van der Waals surface area (Å²) in [4.78, 5) is 24.2. The SMILES string of the molecule is CSCC[C@@H](C(=O)O)N(C)CC(=O)OC(C)(C)C. The molecular formula is C12H23NO4S. The van der Waals surface area contributed by atoms with Gasteiger partial charge in [-0.25, -0.2) is 0 Å². The van der Waals surface area contributed by atoms with Crippen LogP contribution < -0.4 is 0 Å². The molecule has 106 valence electrons. The van der Waals surface area contributed by atoms with E-state index in [4.69, 9.17) is 9.84 Å². The molecule has 18 heavy (non-hydrogen) atoms. The second-order valence-electron chi connectivity index (χ2n) is 5.14. The fourth-order valence-corrected chi connectivity index (χ4v) is 1.91. The molecule has 0 aliphatic rings. The highest BCUT2D eigenvalue weighted by Crippen LogP contribution is 2.10. The van der Waals surface area contributed by atoms with E-state index in [2.05, 4.69) is 0 Å². The first-order valence-electron chi connectivity index (χ1n) is 5.81. The van der Waals surface area contributed by atoms with E-state index < -0.39 is 23.6 Å². The largest absolute Gasteiger partial charge is 0.480 e. The Balaban J connectivity index is 4.37. The van der Waals surface area contributed by atoms with Crippen LogP contribution in [0.25, 0.3) is 0 Å². The molecule has 0 radical (unpaired) electrons. The summed E-state index contributed by atoms with van der Waals surface area (Å²) in [5.41, 5.74) is -0.546. The van der Waals surface area contributed by atoms with E-state index in [1.54, 1.807) is 39.6 Å². The molecule has 0 rings (SSSR count). The first kappa shape index (κ1) is 17.2. The monoisotopic (exact) mass is 277 g/mol. The topological polar surface area (TPSA) is 66.8 Å². The number of carboxylic acids is 1. The number of rotatable bonds is 7. The zero-order chi connectivity index (χ0) is 14.3. The molecule has 0 spiro atoms. The zero-order valence-corrected chi connectivity index (χ0v) is 12.5. The van der Waals surface area contributed by atoms with E-state index in [0.29, 0.717) is 6.42 Å². The molecule has 0 aromatic heterocycles. The molecule has 0 aromatic carbocycles. The molecule has 0 amide bonds. The fraction of sp³-hybridized carbons (Fsp3) is 0.833. The van der Waals surface area contributed by atoms with Crippen molar-refractivity contribution in [2.45, 2.75) is 38.8 Å². The van der Waals surface area contributed by atoms with Gasteiger partial charge in [0.15, 0.2) is 0 Å². The summed E-state index contributed by atoms with van der Waals surface area (Å²) in [5.74, 6) is -0.564. The van der Waals surface area contributed by atoms with Gasteiger partial charge < -0.3 is 9.84 Å². The summed E-state index contributed by atoms with van der Waals surface area (Å²) in [6.07, 6.45) is 2.43. The lowest BCUT2D eigenvalue weighted by Crippen LogP contribution is -2.43. The molecular weight excluding hydrogens is 254 g/mol. The molecule has 6 heteroatoms. The average Bonchev–Trinajstić information content (AvgIpc) is 2.14. The Morgan fingerprint density at radius 1 is 1.39 bits per heavy atom. The van der Waals surface area contributed by atoms with E-state index in [-0.39, 0.29) is 6.54 Å². The summed E-state index contributed by atoms with van der Waals surface area (Å²) in [5, 5.41) is 9.11.